The van der Waals surface area contributed by atoms with Crippen molar-refractivity contribution in [3.63, 3.8) is 0 Å². The number of nitrogens with one attached hydrogen (secondary N) is 2. The molecule has 92 valence electrons. The van der Waals surface area contributed by atoms with Crippen LogP contribution in [0.4, 0.5) is 0 Å². The summed E-state index contributed by atoms with van der Waals surface area (Å²) in [6.07, 6.45) is 7.49. The molecule has 0 aliphatic heterocycles. The molecule has 2 aromatic rings. The molecule has 0 aliphatic rings. The second-order valence-electron chi connectivity index (χ2n) is 4.40. The van der Waals surface area contributed by atoms with Crippen LogP contribution in [0.15, 0.2) is 24.8 Å². The molecule has 0 spiro atoms. The van der Waals surface area contributed by atoms with Crippen molar-refractivity contribution in [2.75, 3.05) is 6.54 Å². The molecule has 0 aromatic carbocycles. The standard InChI is InChI=1S/C12H19N5/c1-10(9-17-6-5-14-11(17)2)7-13-8-12-15-3-4-16-12/h3-6,10,13H,7-9H2,1-2H3,(H,15,16). The van der Waals surface area contributed by atoms with Gasteiger partial charge in [-0.3, -0.25) is 0 Å². The van der Waals surface area contributed by atoms with Gasteiger partial charge in [-0.1, -0.05) is 6.92 Å². The van der Waals surface area contributed by atoms with Gasteiger partial charge in [0.25, 0.3) is 0 Å². The molecule has 0 saturated heterocycles. The molecule has 1 atom stereocenters. The van der Waals surface area contributed by atoms with E-state index in [-0.39, 0.29) is 0 Å². The van der Waals surface area contributed by atoms with Crippen LogP contribution in [-0.2, 0) is 13.1 Å². The van der Waals surface area contributed by atoms with E-state index in [2.05, 4.69) is 31.8 Å². The van der Waals surface area contributed by atoms with Crippen LogP contribution >= 0.6 is 0 Å². The lowest BCUT2D eigenvalue weighted by molar-refractivity contribution is 0.438. The Labute approximate surface area is 101 Å². The van der Waals surface area contributed by atoms with Crippen LogP contribution in [0.5, 0.6) is 0 Å². The highest BCUT2D eigenvalue weighted by atomic mass is 15.1. The van der Waals surface area contributed by atoms with E-state index in [1.165, 1.54) is 0 Å². The average Bonchev–Trinajstić information content (AvgIpc) is 2.92. The van der Waals surface area contributed by atoms with E-state index < -0.39 is 0 Å². The van der Waals surface area contributed by atoms with Crippen molar-refractivity contribution in [3.05, 3.63) is 36.4 Å². The largest absolute Gasteiger partial charge is 0.348 e. The third kappa shape index (κ3) is 3.42. The van der Waals surface area contributed by atoms with Crippen molar-refractivity contribution in [3.8, 4) is 0 Å². The highest BCUT2D eigenvalue weighted by Crippen LogP contribution is 2.02. The first-order valence-electron chi connectivity index (χ1n) is 5.92. The molecule has 0 saturated carbocycles. The molecule has 0 fully saturated rings. The molecule has 5 heteroatoms. The van der Waals surface area contributed by atoms with Crippen LogP contribution in [0.1, 0.15) is 18.6 Å². The van der Waals surface area contributed by atoms with Crippen molar-refractivity contribution in [1.82, 2.24) is 24.8 Å². The summed E-state index contributed by atoms with van der Waals surface area (Å²) >= 11 is 0. The van der Waals surface area contributed by atoms with Gasteiger partial charge in [-0.25, -0.2) is 9.97 Å². The molecule has 0 bridgehead atoms. The number of rotatable bonds is 6. The number of aromatic amines is 1. The van der Waals surface area contributed by atoms with Crippen LogP contribution in [0, 0.1) is 12.8 Å². The van der Waals surface area contributed by atoms with Gasteiger partial charge < -0.3 is 14.9 Å². The van der Waals surface area contributed by atoms with Gasteiger partial charge in [0, 0.05) is 31.3 Å². The average molecular weight is 233 g/mol. The van der Waals surface area contributed by atoms with Crippen molar-refractivity contribution in [1.29, 1.82) is 0 Å². The van der Waals surface area contributed by atoms with Gasteiger partial charge in [-0.2, -0.15) is 0 Å². The summed E-state index contributed by atoms with van der Waals surface area (Å²) in [5, 5.41) is 3.39. The zero-order chi connectivity index (χ0) is 12.1. The predicted molar refractivity (Wildman–Crippen MR) is 66.4 cm³/mol. The van der Waals surface area contributed by atoms with Crippen LogP contribution in [0.25, 0.3) is 0 Å². The number of nitrogens with zero attached hydrogens (tertiary/aromatic N) is 3. The van der Waals surface area contributed by atoms with Gasteiger partial charge in [0.1, 0.15) is 11.6 Å². The number of H-pyrrole nitrogens is 1. The summed E-state index contributed by atoms with van der Waals surface area (Å²) in [5.74, 6) is 2.62. The van der Waals surface area contributed by atoms with Gasteiger partial charge in [-0.15, -0.1) is 0 Å². The number of hydrogen-bond acceptors (Lipinski definition) is 3. The van der Waals surface area contributed by atoms with Crippen LogP contribution < -0.4 is 5.32 Å². The molecule has 2 N–H and O–H groups in total. The normalized spacial score (nSPS) is 12.8. The Kier molecular flexibility index (Phi) is 3.93. The minimum atomic E-state index is 0.567. The second-order valence-corrected chi connectivity index (χ2v) is 4.40. The minimum Gasteiger partial charge on any atom is -0.348 e. The van der Waals surface area contributed by atoms with Crippen molar-refractivity contribution in [2.24, 2.45) is 5.92 Å². The van der Waals surface area contributed by atoms with Gasteiger partial charge in [0.05, 0.1) is 6.54 Å². The smallest absolute Gasteiger partial charge is 0.120 e. The minimum absolute atomic E-state index is 0.567. The van der Waals surface area contributed by atoms with E-state index >= 15 is 0 Å². The molecular formula is C12H19N5. The fourth-order valence-corrected chi connectivity index (χ4v) is 1.83. The second kappa shape index (κ2) is 5.63. The topological polar surface area (TPSA) is 58.5 Å². The Morgan fingerprint density at radius 3 is 2.94 bits per heavy atom. The van der Waals surface area contributed by atoms with E-state index in [0.29, 0.717) is 5.92 Å². The molecule has 0 amide bonds. The number of imidazole rings is 2. The summed E-state index contributed by atoms with van der Waals surface area (Å²) in [6, 6.07) is 0. The highest BCUT2D eigenvalue weighted by molar-refractivity contribution is 4.89. The van der Waals surface area contributed by atoms with Gasteiger partial charge in [0.15, 0.2) is 0 Å². The quantitative estimate of drug-likeness (QED) is 0.791. The number of hydrogen-bond donors (Lipinski definition) is 2. The fourth-order valence-electron chi connectivity index (χ4n) is 1.83. The van der Waals surface area contributed by atoms with E-state index in [0.717, 1.165) is 31.3 Å². The lowest BCUT2D eigenvalue weighted by atomic mass is 10.2. The maximum absolute atomic E-state index is 4.22. The summed E-state index contributed by atoms with van der Waals surface area (Å²) in [5.41, 5.74) is 0. The molecular weight excluding hydrogens is 214 g/mol. The summed E-state index contributed by atoms with van der Waals surface area (Å²) < 4.78 is 2.18. The summed E-state index contributed by atoms with van der Waals surface area (Å²) in [6.45, 7) is 7.02. The zero-order valence-corrected chi connectivity index (χ0v) is 10.3. The molecule has 5 nitrogen and oxygen atoms in total. The highest BCUT2D eigenvalue weighted by Gasteiger charge is 2.05. The maximum atomic E-state index is 4.22. The first-order chi connectivity index (χ1) is 8.25. The van der Waals surface area contributed by atoms with Crippen molar-refractivity contribution >= 4 is 0 Å². The number of aryl methyl sites for hydroxylation is 1. The van der Waals surface area contributed by atoms with E-state index in [1.807, 2.05) is 25.5 Å². The van der Waals surface area contributed by atoms with Gasteiger partial charge in [0.2, 0.25) is 0 Å². The molecule has 0 radical (unpaired) electrons. The Hall–Kier alpha value is -1.62. The third-order valence-electron chi connectivity index (χ3n) is 2.77. The van der Waals surface area contributed by atoms with Crippen molar-refractivity contribution in [2.45, 2.75) is 26.9 Å². The van der Waals surface area contributed by atoms with Crippen molar-refractivity contribution < 1.29 is 0 Å². The molecule has 2 heterocycles. The predicted octanol–water partition coefficient (Wildman–Crippen LogP) is 1.34. The maximum Gasteiger partial charge on any atom is 0.120 e. The molecule has 1 unspecified atom stereocenters. The first-order valence-corrected chi connectivity index (χ1v) is 5.92. The zero-order valence-electron chi connectivity index (χ0n) is 10.3. The third-order valence-corrected chi connectivity index (χ3v) is 2.77. The van der Waals surface area contributed by atoms with E-state index in [1.54, 1.807) is 6.20 Å². The van der Waals surface area contributed by atoms with Crippen LogP contribution in [-0.4, -0.2) is 26.1 Å². The Morgan fingerprint density at radius 1 is 1.41 bits per heavy atom. The molecule has 2 rings (SSSR count). The summed E-state index contributed by atoms with van der Waals surface area (Å²) in [7, 11) is 0. The Bertz CT molecular complexity index is 431. The van der Waals surface area contributed by atoms with Gasteiger partial charge in [-0.05, 0) is 19.4 Å². The molecule has 2 aromatic heterocycles. The Balaban J connectivity index is 1.71. The first kappa shape index (κ1) is 11.9. The monoisotopic (exact) mass is 233 g/mol. The lowest BCUT2D eigenvalue weighted by Crippen LogP contribution is -2.24. The molecule has 17 heavy (non-hydrogen) atoms. The van der Waals surface area contributed by atoms with Gasteiger partial charge >= 0.3 is 0 Å². The lowest BCUT2D eigenvalue weighted by Gasteiger charge is -2.13. The van der Waals surface area contributed by atoms with Crippen LogP contribution in [0.3, 0.4) is 0 Å². The SMILES string of the molecule is Cc1nccn1CC(C)CNCc1ncc[nH]1. The molecule has 0 aliphatic carbocycles. The number of aromatic nitrogens is 4. The summed E-state index contributed by atoms with van der Waals surface area (Å²) in [4.78, 5) is 11.5. The van der Waals surface area contributed by atoms with E-state index in [9.17, 15) is 0 Å². The fraction of sp³-hybridized carbons (Fsp3) is 0.500. The van der Waals surface area contributed by atoms with E-state index in [4.69, 9.17) is 0 Å². The Morgan fingerprint density at radius 2 is 2.29 bits per heavy atom. The van der Waals surface area contributed by atoms with Crippen LogP contribution in [0.2, 0.25) is 0 Å².